The van der Waals surface area contributed by atoms with Crippen LogP contribution in [0.3, 0.4) is 0 Å². The summed E-state index contributed by atoms with van der Waals surface area (Å²) in [6.45, 7) is 1.66. The van der Waals surface area contributed by atoms with Crippen LogP contribution in [-0.4, -0.2) is 10.7 Å². The lowest BCUT2D eigenvalue weighted by molar-refractivity contribution is 0.0605. The molecule has 0 saturated heterocycles. The quantitative estimate of drug-likeness (QED) is 0.881. The molecule has 2 rings (SSSR count). The second kappa shape index (κ2) is 6.02. The van der Waals surface area contributed by atoms with Gasteiger partial charge in [-0.1, -0.05) is 28.1 Å². The fraction of sp³-hybridized carbons (Fsp3) is 0.250. The molecule has 0 fully saturated rings. The molecule has 0 aliphatic carbocycles. The number of benzene rings is 2. The summed E-state index contributed by atoms with van der Waals surface area (Å²) in [4.78, 5) is 0. The summed E-state index contributed by atoms with van der Waals surface area (Å²) in [6, 6.07) is 10.5. The van der Waals surface area contributed by atoms with Gasteiger partial charge in [0.25, 0.3) is 0 Å². The smallest absolute Gasteiger partial charge is 0.123 e. The van der Waals surface area contributed by atoms with E-state index in [0.717, 1.165) is 4.47 Å². The van der Waals surface area contributed by atoms with Gasteiger partial charge in [0.15, 0.2) is 0 Å². The zero-order chi connectivity index (χ0) is 14.8. The molecule has 2 aromatic carbocycles. The normalized spacial score (nSPS) is 14.1. The van der Waals surface area contributed by atoms with E-state index in [1.54, 1.807) is 25.1 Å². The van der Waals surface area contributed by atoms with Crippen LogP contribution in [0, 0.1) is 11.6 Å². The first kappa shape index (κ1) is 15.1. The Labute approximate surface area is 125 Å². The van der Waals surface area contributed by atoms with E-state index in [0.29, 0.717) is 17.5 Å². The lowest BCUT2D eigenvalue weighted by atomic mass is 9.90. The monoisotopic (exact) mass is 340 g/mol. The third-order valence-corrected chi connectivity index (χ3v) is 3.83. The Morgan fingerprint density at radius 1 is 1.05 bits per heavy atom. The average molecular weight is 341 g/mol. The van der Waals surface area contributed by atoms with E-state index >= 15 is 0 Å². The molecule has 2 aromatic rings. The minimum absolute atomic E-state index is 0.280. The summed E-state index contributed by atoms with van der Waals surface area (Å²) in [5.41, 5.74) is 0.318. The predicted octanol–water partition coefficient (Wildman–Crippen LogP) is 4.26. The van der Waals surface area contributed by atoms with E-state index in [1.165, 1.54) is 24.3 Å². The van der Waals surface area contributed by atoms with Gasteiger partial charge in [-0.05, 0) is 48.4 Å². The highest BCUT2D eigenvalue weighted by molar-refractivity contribution is 9.10. The van der Waals surface area contributed by atoms with Crippen LogP contribution in [0.15, 0.2) is 46.9 Å². The maximum atomic E-state index is 13.3. The van der Waals surface area contributed by atoms with E-state index in [4.69, 9.17) is 0 Å². The lowest BCUT2D eigenvalue weighted by Gasteiger charge is -2.24. The Hall–Kier alpha value is -1.26. The molecule has 0 saturated carbocycles. The molecule has 0 spiro atoms. The molecule has 0 radical (unpaired) electrons. The predicted molar refractivity (Wildman–Crippen MR) is 78.5 cm³/mol. The van der Waals surface area contributed by atoms with Crippen molar-refractivity contribution in [1.29, 1.82) is 0 Å². The van der Waals surface area contributed by atoms with Crippen LogP contribution >= 0.6 is 15.9 Å². The molecule has 0 aliphatic rings. The third-order valence-electron chi connectivity index (χ3n) is 3.05. The van der Waals surface area contributed by atoms with Crippen LogP contribution in [0.5, 0.6) is 0 Å². The molecular weight excluding hydrogens is 326 g/mol. The van der Waals surface area contributed by atoms with Crippen molar-refractivity contribution in [2.24, 2.45) is 0 Å². The first-order valence-electron chi connectivity index (χ1n) is 6.26. The fourth-order valence-corrected chi connectivity index (χ4v) is 2.63. The van der Waals surface area contributed by atoms with E-state index in [2.05, 4.69) is 15.9 Å². The Morgan fingerprint density at radius 3 is 2.45 bits per heavy atom. The minimum atomic E-state index is -1.08. The van der Waals surface area contributed by atoms with Crippen molar-refractivity contribution >= 4 is 15.9 Å². The van der Waals surface area contributed by atoms with Crippen molar-refractivity contribution in [3.63, 3.8) is 0 Å². The summed E-state index contributed by atoms with van der Waals surface area (Å²) >= 11 is 3.34. The molecular formula is C16H15BrF2O. The van der Waals surface area contributed by atoms with Gasteiger partial charge >= 0.3 is 0 Å². The standard InChI is InChI=1S/C16H15BrF2O/c1-16(20,9-11-3-2-4-13(18)7-11)10-12-8-14(19)5-6-15(12)17/h2-8,20H,9-10H2,1H3. The lowest BCUT2D eigenvalue weighted by Crippen LogP contribution is -2.30. The number of hydrogen-bond acceptors (Lipinski definition) is 1. The molecule has 0 aromatic heterocycles. The van der Waals surface area contributed by atoms with Gasteiger partial charge < -0.3 is 5.11 Å². The van der Waals surface area contributed by atoms with E-state index in [1.807, 2.05) is 0 Å². The molecule has 0 amide bonds. The summed E-state index contributed by atoms with van der Waals surface area (Å²) in [7, 11) is 0. The van der Waals surface area contributed by atoms with Crippen molar-refractivity contribution in [3.05, 3.63) is 69.7 Å². The van der Waals surface area contributed by atoms with Crippen molar-refractivity contribution < 1.29 is 13.9 Å². The van der Waals surface area contributed by atoms with Gasteiger partial charge in [-0.2, -0.15) is 0 Å². The summed E-state index contributed by atoms with van der Waals surface area (Å²) in [5, 5.41) is 10.5. The van der Waals surface area contributed by atoms with Crippen LogP contribution in [0.1, 0.15) is 18.1 Å². The highest BCUT2D eigenvalue weighted by Gasteiger charge is 2.23. The van der Waals surface area contributed by atoms with Crippen molar-refractivity contribution in [2.75, 3.05) is 0 Å². The molecule has 1 atom stereocenters. The highest BCUT2D eigenvalue weighted by Crippen LogP contribution is 2.25. The van der Waals surface area contributed by atoms with E-state index < -0.39 is 5.60 Å². The summed E-state index contributed by atoms with van der Waals surface area (Å²) < 4.78 is 27.1. The molecule has 0 aliphatic heterocycles. The van der Waals surface area contributed by atoms with Crippen LogP contribution in [-0.2, 0) is 12.8 Å². The van der Waals surface area contributed by atoms with Crippen LogP contribution in [0.4, 0.5) is 8.78 Å². The minimum Gasteiger partial charge on any atom is -0.389 e. The van der Waals surface area contributed by atoms with E-state index in [9.17, 15) is 13.9 Å². The largest absolute Gasteiger partial charge is 0.389 e. The second-order valence-electron chi connectivity index (χ2n) is 5.22. The van der Waals surface area contributed by atoms with Gasteiger partial charge in [-0.3, -0.25) is 0 Å². The Balaban J connectivity index is 2.16. The van der Waals surface area contributed by atoms with Gasteiger partial charge in [0, 0.05) is 17.3 Å². The first-order chi connectivity index (χ1) is 9.35. The van der Waals surface area contributed by atoms with Crippen LogP contribution in [0.2, 0.25) is 0 Å². The molecule has 20 heavy (non-hydrogen) atoms. The number of hydrogen-bond donors (Lipinski definition) is 1. The summed E-state index contributed by atoms with van der Waals surface area (Å²) in [5.74, 6) is -0.671. The molecule has 1 nitrogen and oxygen atoms in total. The Bertz CT molecular complexity index is 611. The fourth-order valence-electron chi connectivity index (χ4n) is 2.24. The summed E-state index contributed by atoms with van der Waals surface area (Å²) in [6.07, 6.45) is 0.579. The first-order valence-corrected chi connectivity index (χ1v) is 7.06. The maximum Gasteiger partial charge on any atom is 0.123 e. The van der Waals surface area contributed by atoms with Crippen LogP contribution in [0.25, 0.3) is 0 Å². The van der Waals surface area contributed by atoms with Gasteiger partial charge in [0.1, 0.15) is 11.6 Å². The molecule has 4 heteroatoms. The van der Waals surface area contributed by atoms with Crippen LogP contribution < -0.4 is 0 Å². The van der Waals surface area contributed by atoms with Gasteiger partial charge in [0.2, 0.25) is 0 Å². The van der Waals surface area contributed by atoms with E-state index in [-0.39, 0.29) is 18.1 Å². The average Bonchev–Trinajstić information content (AvgIpc) is 2.33. The molecule has 0 heterocycles. The molecule has 106 valence electrons. The van der Waals surface area contributed by atoms with Gasteiger partial charge in [0.05, 0.1) is 5.60 Å². The Morgan fingerprint density at radius 2 is 1.75 bits per heavy atom. The molecule has 0 bridgehead atoms. The number of halogens is 3. The zero-order valence-electron chi connectivity index (χ0n) is 11.0. The topological polar surface area (TPSA) is 20.2 Å². The number of aliphatic hydroxyl groups is 1. The van der Waals surface area contributed by atoms with Gasteiger partial charge in [-0.15, -0.1) is 0 Å². The highest BCUT2D eigenvalue weighted by atomic mass is 79.9. The second-order valence-corrected chi connectivity index (χ2v) is 6.07. The molecule has 1 unspecified atom stereocenters. The third kappa shape index (κ3) is 4.12. The SMILES string of the molecule is CC(O)(Cc1cccc(F)c1)Cc1cc(F)ccc1Br. The Kier molecular flexibility index (Phi) is 4.55. The zero-order valence-corrected chi connectivity index (χ0v) is 12.6. The maximum absolute atomic E-state index is 13.3. The van der Waals surface area contributed by atoms with Crippen molar-refractivity contribution in [2.45, 2.75) is 25.4 Å². The van der Waals surface area contributed by atoms with Gasteiger partial charge in [-0.25, -0.2) is 8.78 Å². The molecule has 1 N–H and O–H groups in total. The number of rotatable bonds is 4. The van der Waals surface area contributed by atoms with Crippen molar-refractivity contribution in [3.8, 4) is 0 Å². The van der Waals surface area contributed by atoms with Crippen molar-refractivity contribution in [1.82, 2.24) is 0 Å².